The number of alkyl halides is 3. The van der Waals surface area contributed by atoms with Gasteiger partial charge in [0.15, 0.2) is 0 Å². The van der Waals surface area contributed by atoms with Crippen molar-refractivity contribution in [1.82, 2.24) is 0 Å². The fourth-order valence-corrected chi connectivity index (χ4v) is 1.42. The molecule has 1 unspecified atom stereocenters. The Bertz CT molecular complexity index is 486. The predicted octanol–water partition coefficient (Wildman–Crippen LogP) is 4.25. The van der Waals surface area contributed by atoms with Gasteiger partial charge in [0.2, 0.25) is 0 Å². The van der Waals surface area contributed by atoms with E-state index in [2.05, 4.69) is 13.5 Å². The smallest absolute Gasteiger partial charge is 0.192 e. The standard InChI is InChI=1S/C12H8ClF3N/c1-7(8(2)13)9-3-4-10(6-17)11(5-9)12(14,15)16/h3-5,7H,1-2H2. The van der Waals surface area contributed by atoms with Crippen LogP contribution in [0.15, 0.2) is 29.8 Å². The first kappa shape index (κ1) is 13.6. The average molecular weight is 259 g/mol. The van der Waals surface area contributed by atoms with Gasteiger partial charge >= 0.3 is 6.18 Å². The highest BCUT2D eigenvalue weighted by Crippen LogP contribution is 2.35. The monoisotopic (exact) mass is 258 g/mol. The largest absolute Gasteiger partial charge is 0.417 e. The first-order chi connectivity index (χ1) is 7.77. The highest BCUT2D eigenvalue weighted by Gasteiger charge is 2.34. The Labute approximate surface area is 102 Å². The van der Waals surface area contributed by atoms with Crippen LogP contribution < -0.4 is 0 Å². The Morgan fingerprint density at radius 1 is 1.41 bits per heavy atom. The van der Waals surface area contributed by atoms with Crippen molar-refractivity contribution < 1.29 is 13.2 Å². The van der Waals surface area contributed by atoms with Crippen molar-refractivity contribution in [1.29, 1.82) is 5.26 Å². The number of hydrogen-bond acceptors (Lipinski definition) is 1. The molecule has 1 nitrogen and oxygen atoms in total. The van der Waals surface area contributed by atoms with Crippen molar-refractivity contribution in [3.8, 4) is 6.07 Å². The van der Waals surface area contributed by atoms with E-state index in [1.165, 1.54) is 12.1 Å². The third-order valence-corrected chi connectivity index (χ3v) is 2.51. The van der Waals surface area contributed by atoms with Crippen LogP contribution in [0, 0.1) is 18.3 Å². The molecule has 0 aliphatic rings. The molecular weight excluding hydrogens is 251 g/mol. The van der Waals surface area contributed by atoms with E-state index in [0.717, 1.165) is 12.1 Å². The van der Waals surface area contributed by atoms with Crippen molar-refractivity contribution >= 4 is 11.6 Å². The fraction of sp³-hybridized carbons (Fsp3) is 0.167. The van der Waals surface area contributed by atoms with Gasteiger partial charge in [0.25, 0.3) is 0 Å². The number of allylic oxidation sites excluding steroid dienone is 1. The Kier molecular flexibility index (Phi) is 3.84. The molecule has 0 aliphatic carbocycles. The molecule has 0 aliphatic heterocycles. The molecular formula is C12H8ClF3N. The third kappa shape index (κ3) is 3.01. The molecule has 0 amide bonds. The second kappa shape index (κ2) is 4.80. The Balaban J connectivity index is 3.34. The normalized spacial score (nSPS) is 12.9. The quantitative estimate of drug-likeness (QED) is 0.778. The topological polar surface area (TPSA) is 23.8 Å². The highest BCUT2D eigenvalue weighted by molar-refractivity contribution is 6.30. The molecule has 0 fully saturated rings. The van der Waals surface area contributed by atoms with Crippen molar-refractivity contribution in [2.45, 2.75) is 12.1 Å². The van der Waals surface area contributed by atoms with Crippen LogP contribution in [-0.2, 0) is 6.18 Å². The molecule has 17 heavy (non-hydrogen) atoms. The van der Waals surface area contributed by atoms with E-state index in [9.17, 15) is 13.2 Å². The summed E-state index contributed by atoms with van der Waals surface area (Å²) in [6, 6.07) is 4.88. The molecule has 1 radical (unpaired) electrons. The maximum atomic E-state index is 12.7. The number of benzene rings is 1. The van der Waals surface area contributed by atoms with Crippen LogP contribution in [0.25, 0.3) is 0 Å². The lowest BCUT2D eigenvalue weighted by Crippen LogP contribution is -2.09. The van der Waals surface area contributed by atoms with Gasteiger partial charge in [-0.3, -0.25) is 0 Å². The van der Waals surface area contributed by atoms with Crippen LogP contribution in [0.2, 0.25) is 0 Å². The van der Waals surface area contributed by atoms with Gasteiger partial charge in [0, 0.05) is 11.0 Å². The van der Waals surface area contributed by atoms with Crippen molar-refractivity contribution in [2.75, 3.05) is 0 Å². The van der Waals surface area contributed by atoms with Crippen molar-refractivity contribution in [3.05, 3.63) is 53.4 Å². The van der Waals surface area contributed by atoms with E-state index in [0.29, 0.717) is 0 Å². The number of nitriles is 1. The van der Waals surface area contributed by atoms with Gasteiger partial charge in [0.1, 0.15) is 0 Å². The summed E-state index contributed by atoms with van der Waals surface area (Å²) in [6.45, 7) is 7.03. The van der Waals surface area contributed by atoms with E-state index in [4.69, 9.17) is 16.9 Å². The van der Waals surface area contributed by atoms with Gasteiger partial charge in [-0.05, 0) is 24.6 Å². The number of rotatable bonds is 2. The predicted molar refractivity (Wildman–Crippen MR) is 59.3 cm³/mol. The van der Waals surface area contributed by atoms with Crippen molar-refractivity contribution in [2.24, 2.45) is 0 Å². The summed E-state index contributed by atoms with van der Waals surface area (Å²) in [7, 11) is 0. The van der Waals surface area contributed by atoms with Gasteiger partial charge in [0.05, 0.1) is 17.2 Å². The van der Waals surface area contributed by atoms with E-state index in [-0.39, 0.29) is 10.6 Å². The number of halogens is 4. The zero-order valence-corrected chi connectivity index (χ0v) is 9.44. The summed E-state index contributed by atoms with van der Waals surface area (Å²) in [4.78, 5) is 0. The second-order valence-electron chi connectivity index (χ2n) is 3.41. The number of hydrogen-bond donors (Lipinski definition) is 0. The Morgan fingerprint density at radius 2 is 2.00 bits per heavy atom. The van der Waals surface area contributed by atoms with Gasteiger partial charge in [-0.15, -0.1) is 0 Å². The van der Waals surface area contributed by atoms with E-state index in [1.807, 2.05) is 0 Å². The van der Waals surface area contributed by atoms with Gasteiger partial charge in [-0.1, -0.05) is 24.2 Å². The molecule has 5 heteroatoms. The highest BCUT2D eigenvalue weighted by atomic mass is 35.5. The molecule has 0 spiro atoms. The molecule has 0 bridgehead atoms. The van der Waals surface area contributed by atoms with Gasteiger partial charge in [-0.25, -0.2) is 0 Å². The molecule has 1 aromatic rings. The van der Waals surface area contributed by atoms with Gasteiger partial charge < -0.3 is 0 Å². The molecule has 1 atom stereocenters. The summed E-state index contributed by atoms with van der Waals surface area (Å²) in [6.07, 6.45) is -4.57. The van der Waals surface area contributed by atoms with Crippen molar-refractivity contribution in [3.63, 3.8) is 0 Å². The first-order valence-electron chi connectivity index (χ1n) is 4.56. The SMILES string of the molecule is [CH2]C(C(=C)Cl)c1ccc(C#N)c(C(F)(F)F)c1. The molecule has 0 saturated heterocycles. The summed E-state index contributed by atoms with van der Waals surface area (Å²) in [5.41, 5.74) is -1.13. The molecule has 0 saturated carbocycles. The molecule has 0 heterocycles. The summed E-state index contributed by atoms with van der Waals surface area (Å²) >= 11 is 5.60. The molecule has 1 rings (SSSR count). The lowest BCUT2D eigenvalue weighted by atomic mass is 9.96. The maximum Gasteiger partial charge on any atom is 0.417 e. The molecule has 0 aromatic heterocycles. The van der Waals surface area contributed by atoms with E-state index < -0.39 is 23.2 Å². The maximum absolute atomic E-state index is 12.7. The van der Waals surface area contributed by atoms with E-state index in [1.54, 1.807) is 0 Å². The summed E-state index contributed by atoms with van der Waals surface area (Å²) in [5, 5.41) is 8.75. The lowest BCUT2D eigenvalue weighted by molar-refractivity contribution is -0.137. The summed E-state index contributed by atoms with van der Waals surface area (Å²) in [5.74, 6) is -0.648. The Hall–Kier alpha value is -1.47. The van der Waals surface area contributed by atoms with Crippen LogP contribution in [0.1, 0.15) is 22.6 Å². The van der Waals surface area contributed by atoms with Crippen LogP contribution in [0.4, 0.5) is 13.2 Å². The third-order valence-electron chi connectivity index (χ3n) is 2.25. The van der Waals surface area contributed by atoms with E-state index >= 15 is 0 Å². The minimum Gasteiger partial charge on any atom is -0.192 e. The molecule has 0 N–H and O–H groups in total. The minimum atomic E-state index is -4.57. The summed E-state index contributed by atoms with van der Waals surface area (Å²) < 4.78 is 38.0. The molecule has 89 valence electrons. The molecule has 1 aromatic carbocycles. The minimum absolute atomic E-state index is 0.142. The van der Waals surface area contributed by atoms with Crippen LogP contribution in [0.3, 0.4) is 0 Å². The van der Waals surface area contributed by atoms with Crippen LogP contribution in [-0.4, -0.2) is 0 Å². The second-order valence-corrected chi connectivity index (χ2v) is 3.90. The first-order valence-corrected chi connectivity index (χ1v) is 4.93. The fourth-order valence-electron chi connectivity index (χ4n) is 1.29. The van der Waals surface area contributed by atoms with Crippen LogP contribution in [0.5, 0.6) is 0 Å². The van der Waals surface area contributed by atoms with Crippen LogP contribution >= 0.6 is 11.6 Å². The number of nitrogens with zero attached hydrogens (tertiary/aromatic N) is 1. The zero-order chi connectivity index (χ0) is 13.2. The lowest BCUT2D eigenvalue weighted by Gasteiger charge is -2.14. The average Bonchev–Trinajstić information content (AvgIpc) is 2.25. The Morgan fingerprint density at radius 3 is 2.41 bits per heavy atom. The zero-order valence-electron chi connectivity index (χ0n) is 8.68. The van der Waals surface area contributed by atoms with Gasteiger partial charge in [-0.2, -0.15) is 18.4 Å².